The van der Waals surface area contributed by atoms with Gasteiger partial charge in [0.15, 0.2) is 0 Å². The van der Waals surface area contributed by atoms with Crippen molar-refractivity contribution in [1.82, 2.24) is 5.32 Å². The Hall–Kier alpha value is -1.56. The van der Waals surface area contributed by atoms with Crippen LogP contribution in [0.5, 0.6) is 0 Å². The lowest BCUT2D eigenvalue weighted by atomic mass is 10.0. The largest absolute Gasteiger partial charge is 0.390 e. The first kappa shape index (κ1) is 13.5. The van der Waals surface area contributed by atoms with Crippen LogP contribution in [0, 0.1) is 0 Å². The van der Waals surface area contributed by atoms with E-state index in [1.165, 1.54) is 0 Å². The van der Waals surface area contributed by atoms with Crippen molar-refractivity contribution < 1.29 is 18.0 Å². The van der Waals surface area contributed by atoms with Gasteiger partial charge in [-0.2, -0.15) is 13.2 Å². The summed E-state index contributed by atoms with van der Waals surface area (Å²) < 4.78 is 37.1. The molecule has 1 amide bonds. The zero-order chi connectivity index (χ0) is 12.9. The molecule has 0 aliphatic carbocycles. The van der Waals surface area contributed by atoms with Gasteiger partial charge in [-0.05, 0) is 5.56 Å². The number of nitrogens with two attached hydrogens (primary N) is 1. The average Bonchev–Trinajstić information content (AvgIpc) is 2.24. The predicted molar refractivity (Wildman–Crippen MR) is 57.1 cm³/mol. The summed E-state index contributed by atoms with van der Waals surface area (Å²) in [6.45, 7) is -0.282. The van der Waals surface area contributed by atoms with Gasteiger partial charge < -0.3 is 11.1 Å². The van der Waals surface area contributed by atoms with Crippen LogP contribution in [0.4, 0.5) is 13.2 Å². The molecule has 0 bridgehead atoms. The number of nitrogens with one attached hydrogen (secondary N) is 1. The fourth-order valence-electron chi connectivity index (χ4n) is 1.45. The van der Waals surface area contributed by atoms with Gasteiger partial charge in [0.1, 0.15) is 0 Å². The van der Waals surface area contributed by atoms with Gasteiger partial charge in [0, 0.05) is 6.04 Å². The Bertz CT molecular complexity index is 365. The smallest absolute Gasteiger partial charge is 0.369 e. The van der Waals surface area contributed by atoms with Gasteiger partial charge in [-0.25, -0.2) is 0 Å². The Balaban J connectivity index is 2.75. The van der Waals surface area contributed by atoms with Crippen LogP contribution in [0.25, 0.3) is 0 Å². The van der Waals surface area contributed by atoms with E-state index in [1.54, 1.807) is 30.3 Å². The zero-order valence-electron chi connectivity index (χ0n) is 9.00. The van der Waals surface area contributed by atoms with E-state index in [-0.39, 0.29) is 6.54 Å². The van der Waals surface area contributed by atoms with Crippen molar-refractivity contribution in [2.75, 3.05) is 6.54 Å². The molecule has 0 aromatic heterocycles. The highest BCUT2D eigenvalue weighted by Crippen LogP contribution is 2.29. The molecular formula is C11H13F3N2O. The van der Waals surface area contributed by atoms with E-state index in [9.17, 15) is 18.0 Å². The van der Waals surface area contributed by atoms with Gasteiger partial charge in [-0.15, -0.1) is 0 Å². The highest BCUT2D eigenvalue weighted by molar-refractivity contribution is 5.75. The number of primary amides is 1. The Labute approximate surface area is 96.8 Å². The van der Waals surface area contributed by atoms with Crippen molar-refractivity contribution >= 4 is 5.91 Å². The lowest BCUT2D eigenvalue weighted by molar-refractivity contribution is -0.141. The molecule has 0 fully saturated rings. The van der Waals surface area contributed by atoms with E-state index < -0.39 is 24.5 Å². The van der Waals surface area contributed by atoms with E-state index in [1.807, 2.05) is 0 Å². The van der Waals surface area contributed by atoms with Crippen LogP contribution >= 0.6 is 0 Å². The molecule has 0 heterocycles. The lowest BCUT2D eigenvalue weighted by Crippen LogP contribution is -2.34. The Morgan fingerprint density at radius 3 is 2.35 bits per heavy atom. The Morgan fingerprint density at radius 1 is 1.29 bits per heavy atom. The number of amides is 1. The first-order valence-corrected chi connectivity index (χ1v) is 5.02. The maximum Gasteiger partial charge on any atom is 0.390 e. The maximum absolute atomic E-state index is 12.4. The van der Waals surface area contributed by atoms with Crippen molar-refractivity contribution in [3.05, 3.63) is 35.9 Å². The fourth-order valence-corrected chi connectivity index (χ4v) is 1.45. The van der Waals surface area contributed by atoms with Crippen LogP contribution in [0.1, 0.15) is 18.0 Å². The topological polar surface area (TPSA) is 55.1 Å². The molecule has 1 rings (SSSR count). The molecule has 6 heteroatoms. The molecule has 0 aliphatic heterocycles. The molecule has 1 unspecified atom stereocenters. The van der Waals surface area contributed by atoms with E-state index in [0.29, 0.717) is 5.56 Å². The molecule has 1 aromatic rings. The molecule has 0 radical (unpaired) electrons. The highest BCUT2D eigenvalue weighted by atomic mass is 19.4. The number of carbonyl (C=O) groups excluding carboxylic acids is 1. The fraction of sp³-hybridized carbons (Fsp3) is 0.364. The van der Waals surface area contributed by atoms with Gasteiger partial charge in [0.25, 0.3) is 0 Å². The third-order valence-corrected chi connectivity index (χ3v) is 2.16. The van der Waals surface area contributed by atoms with Gasteiger partial charge in [-0.3, -0.25) is 4.79 Å². The first-order valence-electron chi connectivity index (χ1n) is 5.02. The van der Waals surface area contributed by atoms with E-state index in [0.717, 1.165) is 0 Å². The van der Waals surface area contributed by atoms with Crippen molar-refractivity contribution in [3.63, 3.8) is 0 Å². The van der Waals surface area contributed by atoms with Crippen LogP contribution in [0.15, 0.2) is 30.3 Å². The number of hydrogen-bond donors (Lipinski definition) is 2. The molecule has 0 saturated carbocycles. The summed E-state index contributed by atoms with van der Waals surface area (Å²) in [5.41, 5.74) is 5.38. The molecule has 0 saturated heterocycles. The summed E-state index contributed by atoms with van der Waals surface area (Å²) in [6, 6.07) is 7.19. The Kier molecular flexibility index (Phi) is 4.51. The average molecular weight is 246 g/mol. The summed E-state index contributed by atoms with van der Waals surface area (Å²) in [5.74, 6) is -0.687. The number of benzene rings is 1. The molecule has 0 aliphatic rings. The molecule has 94 valence electrons. The van der Waals surface area contributed by atoms with E-state index in [4.69, 9.17) is 5.73 Å². The number of alkyl halides is 3. The van der Waals surface area contributed by atoms with Gasteiger partial charge in [0.05, 0.1) is 13.0 Å². The van der Waals surface area contributed by atoms with Crippen LogP contribution in [-0.4, -0.2) is 18.6 Å². The summed E-state index contributed by atoms with van der Waals surface area (Å²) in [7, 11) is 0. The zero-order valence-corrected chi connectivity index (χ0v) is 9.00. The second-order valence-electron chi connectivity index (χ2n) is 3.63. The number of rotatable bonds is 5. The summed E-state index contributed by atoms with van der Waals surface area (Å²) in [4.78, 5) is 10.6. The molecule has 1 atom stereocenters. The standard InChI is InChI=1S/C11H13F3N2O/c12-11(13,14)6-9(16-7-10(15)17)8-4-2-1-3-5-8/h1-5,9,16H,6-7H2,(H2,15,17). The molecule has 17 heavy (non-hydrogen) atoms. The first-order chi connectivity index (χ1) is 7.88. The summed E-state index contributed by atoms with van der Waals surface area (Å²) in [5, 5.41) is 2.50. The summed E-state index contributed by atoms with van der Waals surface area (Å²) >= 11 is 0. The van der Waals surface area contributed by atoms with Crippen LogP contribution in [0.3, 0.4) is 0 Å². The SMILES string of the molecule is NC(=O)CNC(CC(F)(F)F)c1ccccc1. The minimum absolute atomic E-state index is 0.282. The Morgan fingerprint density at radius 2 is 1.88 bits per heavy atom. The van der Waals surface area contributed by atoms with Crippen molar-refractivity contribution in [2.45, 2.75) is 18.6 Å². The minimum atomic E-state index is -4.30. The third kappa shape index (κ3) is 5.35. The van der Waals surface area contributed by atoms with E-state index in [2.05, 4.69) is 5.32 Å². The van der Waals surface area contributed by atoms with Crippen molar-refractivity contribution in [3.8, 4) is 0 Å². The number of hydrogen-bond acceptors (Lipinski definition) is 2. The minimum Gasteiger partial charge on any atom is -0.369 e. The van der Waals surface area contributed by atoms with Crippen molar-refractivity contribution in [2.24, 2.45) is 5.73 Å². The van der Waals surface area contributed by atoms with Crippen molar-refractivity contribution in [1.29, 1.82) is 0 Å². The van der Waals surface area contributed by atoms with Crippen LogP contribution in [0.2, 0.25) is 0 Å². The second kappa shape index (κ2) is 5.67. The summed E-state index contributed by atoms with van der Waals surface area (Å²) in [6.07, 6.45) is -5.34. The van der Waals surface area contributed by atoms with Crippen LogP contribution in [-0.2, 0) is 4.79 Å². The van der Waals surface area contributed by atoms with Gasteiger partial charge >= 0.3 is 6.18 Å². The normalized spacial score (nSPS) is 13.4. The maximum atomic E-state index is 12.4. The third-order valence-electron chi connectivity index (χ3n) is 2.16. The highest BCUT2D eigenvalue weighted by Gasteiger charge is 2.32. The van der Waals surface area contributed by atoms with Gasteiger partial charge in [-0.1, -0.05) is 30.3 Å². The molecule has 3 nitrogen and oxygen atoms in total. The van der Waals surface area contributed by atoms with Gasteiger partial charge in [0.2, 0.25) is 5.91 Å². The monoisotopic (exact) mass is 246 g/mol. The molecule has 3 N–H and O–H groups in total. The molecular weight excluding hydrogens is 233 g/mol. The number of carbonyl (C=O) groups is 1. The molecule has 0 spiro atoms. The predicted octanol–water partition coefficient (Wildman–Crippen LogP) is 1.75. The second-order valence-corrected chi connectivity index (χ2v) is 3.63. The molecule has 1 aromatic carbocycles. The van der Waals surface area contributed by atoms with E-state index >= 15 is 0 Å². The lowest BCUT2D eigenvalue weighted by Gasteiger charge is -2.19. The number of halogens is 3. The quantitative estimate of drug-likeness (QED) is 0.831. The van der Waals surface area contributed by atoms with Crippen LogP contribution < -0.4 is 11.1 Å².